The normalized spacial score (nSPS) is 21.7. The molecule has 0 aromatic carbocycles. The molecule has 1 N–H and O–H groups in total. The summed E-state index contributed by atoms with van der Waals surface area (Å²) in [7, 11) is 1.61. The summed E-state index contributed by atoms with van der Waals surface area (Å²) in [6.45, 7) is 13.0. The Hall–Kier alpha value is -1.57. The maximum absolute atomic E-state index is 12.0. The topological polar surface area (TPSA) is 71.5 Å². The number of nitrogens with zero attached hydrogens (tertiary/aromatic N) is 2. The number of carbonyl (C=O) groups is 1. The van der Waals surface area contributed by atoms with Crippen molar-refractivity contribution in [3.63, 3.8) is 0 Å². The molecule has 1 saturated heterocycles. The van der Waals surface area contributed by atoms with Crippen LogP contribution < -0.4 is 0 Å². The van der Waals surface area contributed by atoms with Gasteiger partial charge in [-0.1, -0.05) is 20.8 Å². The highest BCUT2D eigenvalue weighted by Gasteiger charge is 2.35. The van der Waals surface area contributed by atoms with Gasteiger partial charge in [-0.15, -0.1) is 0 Å². The highest BCUT2D eigenvalue weighted by molar-refractivity contribution is 5.92. The molecule has 1 unspecified atom stereocenters. The van der Waals surface area contributed by atoms with Gasteiger partial charge in [-0.25, -0.2) is 4.79 Å². The van der Waals surface area contributed by atoms with Gasteiger partial charge in [0.2, 0.25) is 5.88 Å². The first-order valence-corrected chi connectivity index (χ1v) is 10.1. The lowest BCUT2D eigenvalue weighted by Crippen LogP contribution is -2.53. The number of carboxylic acid groups (broad SMARTS) is 1. The van der Waals surface area contributed by atoms with Crippen LogP contribution in [0.2, 0.25) is 0 Å². The van der Waals surface area contributed by atoms with Gasteiger partial charge in [0.15, 0.2) is 0 Å². The Bertz CT molecular complexity index is 588. The molecule has 0 amide bonds. The molecule has 1 fully saturated rings. The molecule has 0 aromatic heterocycles. The highest BCUT2D eigenvalue weighted by Crippen LogP contribution is 2.31. The van der Waals surface area contributed by atoms with E-state index in [4.69, 9.17) is 14.2 Å². The molecule has 2 aliphatic rings. The van der Waals surface area contributed by atoms with Gasteiger partial charge in [0.05, 0.1) is 19.8 Å². The van der Waals surface area contributed by atoms with Crippen LogP contribution in [0.5, 0.6) is 0 Å². The number of ether oxygens (including phenoxy) is 3. The summed E-state index contributed by atoms with van der Waals surface area (Å²) >= 11 is 0. The van der Waals surface area contributed by atoms with E-state index >= 15 is 0 Å². The summed E-state index contributed by atoms with van der Waals surface area (Å²) in [6, 6.07) is 0. The minimum absolute atomic E-state index is 0.0236. The second-order valence-electron chi connectivity index (χ2n) is 8.60. The third-order valence-corrected chi connectivity index (χ3v) is 5.07. The van der Waals surface area contributed by atoms with E-state index in [0.717, 1.165) is 38.0 Å². The lowest BCUT2D eigenvalue weighted by Gasteiger charge is -2.44. The van der Waals surface area contributed by atoms with Crippen molar-refractivity contribution in [1.29, 1.82) is 0 Å². The third-order valence-electron chi connectivity index (χ3n) is 5.07. The summed E-state index contributed by atoms with van der Waals surface area (Å²) in [5, 5.41) is 9.83. The van der Waals surface area contributed by atoms with Crippen LogP contribution in [0.3, 0.4) is 0 Å². The van der Waals surface area contributed by atoms with Crippen LogP contribution in [0.1, 0.15) is 40.5 Å². The lowest BCUT2D eigenvalue weighted by molar-refractivity contribution is -0.133. The molecule has 1 atom stereocenters. The summed E-state index contributed by atoms with van der Waals surface area (Å²) in [5.41, 5.74) is 1.21. The molecule has 7 nitrogen and oxygen atoms in total. The molecular formula is C21H36N2O5. The second-order valence-corrected chi connectivity index (χ2v) is 8.60. The van der Waals surface area contributed by atoms with Crippen molar-refractivity contribution in [2.24, 2.45) is 5.41 Å². The van der Waals surface area contributed by atoms with Gasteiger partial charge >= 0.3 is 5.97 Å². The lowest BCUT2D eigenvalue weighted by atomic mass is 9.90. The van der Waals surface area contributed by atoms with Crippen LogP contribution >= 0.6 is 0 Å². The van der Waals surface area contributed by atoms with Crippen LogP contribution in [0.25, 0.3) is 0 Å². The van der Waals surface area contributed by atoms with Crippen LogP contribution in [0.4, 0.5) is 0 Å². The molecule has 0 aliphatic carbocycles. The fourth-order valence-corrected chi connectivity index (χ4v) is 3.62. The van der Waals surface area contributed by atoms with E-state index in [1.165, 1.54) is 0 Å². The molecule has 7 heteroatoms. The smallest absolute Gasteiger partial charge is 0.341 e. The SMILES string of the molecule is COCCOC1=C(C(=O)O)C(C)=CC(N2CCOCC2)N1CCCC(C)(C)C. The summed E-state index contributed by atoms with van der Waals surface area (Å²) in [6.07, 6.45) is 4.04. The van der Waals surface area contributed by atoms with Gasteiger partial charge in [0.1, 0.15) is 18.3 Å². The average Bonchev–Trinajstić information content (AvgIpc) is 2.62. The molecule has 0 saturated carbocycles. The van der Waals surface area contributed by atoms with E-state index in [-0.39, 0.29) is 17.2 Å². The summed E-state index contributed by atoms with van der Waals surface area (Å²) < 4.78 is 16.6. The standard InChI is InChI=1S/C21H36N2O5/c1-16-15-17(22-9-11-27-12-10-22)23(8-6-7-21(2,3)4)19(18(16)20(24)25)28-14-13-26-5/h15,17H,6-14H2,1-5H3,(H,24,25). The predicted molar refractivity (Wildman–Crippen MR) is 108 cm³/mol. The van der Waals surface area contributed by atoms with E-state index < -0.39 is 5.97 Å². The van der Waals surface area contributed by atoms with Crippen LogP contribution in [-0.2, 0) is 19.0 Å². The monoisotopic (exact) mass is 396 g/mol. The Labute approximate surface area is 168 Å². The van der Waals surface area contributed by atoms with Crippen LogP contribution in [0, 0.1) is 5.41 Å². The molecular weight excluding hydrogens is 360 g/mol. The van der Waals surface area contributed by atoms with E-state index in [2.05, 4.69) is 36.6 Å². The maximum Gasteiger partial charge on any atom is 0.341 e. The highest BCUT2D eigenvalue weighted by atomic mass is 16.5. The predicted octanol–water partition coefficient (Wildman–Crippen LogP) is 2.69. The zero-order valence-corrected chi connectivity index (χ0v) is 18.0. The quantitative estimate of drug-likeness (QED) is 0.601. The molecule has 2 rings (SSSR count). The second kappa shape index (κ2) is 10.3. The molecule has 2 aliphatic heterocycles. The molecule has 0 aromatic rings. The van der Waals surface area contributed by atoms with Gasteiger partial charge in [-0.3, -0.25) is 4.90 Å². The molecule has 160 valence electrons. The zero-order valence-electron chi connectivity index (χ0n) is 18.0. The van der Waals surface area contributed by atoms with Crippen molar-refractivity contribution in [3.8, 4) is 0 Å². The number of methoxy groups -OCH3 is 1. The first-order chi connectivity index (χ1) is 13.2. The number of hydrogen-bond acceptors (Lipinski definition) is 6. The fourth-order valence-electron chi connectivity index (χ4n) is 3.62. The maximum atomic E-state index is 12.0. The van der Waals surface area contributed by atoms with Crippen molar-refractivity contribution in [2.75, 3.05) is 53.2 Å². The summed E-state index contributed by atoms with van der Waals surface area (Å²) in [5.74, 6) is -0.502. The van der Waals surface area contributed by atoms with Crippen molar-refractivity contribution in [2.45, 2.75) is 46.7 Å². The van der Waals surface area contributed by atoms with Gasteiger partial charge < -0.3 is 24.2 Å². The fraction of sp³-hybridized carbons (Fsp3) is 0.762. The average molecular weight is 397 g/mol. The number of rotatable bonds is 9. The minimum atomic E-state index is -0.956. The van der Waals surface area contributed by atoms with Crippen molar-refractivity contribution in [3.05, 3.63) is 23.1 Å². The van der Waals surface area contributed by atoms with E-state index in [9.17, 15) is 9.90 Å². The molecule has 2 heterocycles. The number of aliphatic carboxylic acids is 1. The minimum Gasteiger partial charge on any atom is -0.477 e. The van der Waals surface area contributed by atoms with Crippen molar-refractivity contribution >= 4 is 5.97 Å². The van der Waals surface area contributed by atoms with Crippen LogP contribution in [-0.4, -0.2) is 80.2 Å². The Morgan fingerprint density at radius 3 is 2.54 bits per heavy atom. The van der Waals surface area contributed by atoms with Gasteiger partial charge in [-0.05, 0) is 36.8 Å². The Kier molecular flexibility index (Phi) is 8.34. The molecule has 0 spiro atoms. The Morgan fingerprint density at radius 1 is 1.29 bits per heavy atom. The van der Waals surface area contributed by atoms with E-state index in [1.54, 1.807) is 7.11 Å². The Morgan fingerprint density at radius 2 is 1.96 bits per heavy atom. The van der Waals surface area contributed by atoms with Gasteiger partial charge in [0, 0.05) is 26.7 Å². The third kappa shape index (κ3) is 6.22. The first-order valence-electron chi connectivity index (χ1n) is 10.1. The molecule has 0 bridgehead atoms. The number of morpholine rings is 1. The Balaban J connectivity index is 2.31. The van der Waals surface area contributed by atoms with Gasteiger partial charge in [-0.2, -0.15) is 0 Å². The van der Waals surface area contributed by atoms with E-state index in [0.29, 0.717) is 32.3 Å². The van der Waals surface area contributed by atoms with Crippen molar-refractivity contribution < 1.29 is 24.1 Å². The molecule has 0 radical (unpaired) electrons. The zero-order chi connectivity index (χ0) is 20.7. The van der Waals surface area contributed by atoms with Crippen molar-refractivity contribution in [1.82, 2.24) is 9.80 Å². The van der Waals surface area contributed by atoms with E-state index in [1.807, 2.05) is 6.92 Å². The largest absolute Gasteiger partial charge is 0.477 e. The first kappa shape index (κ1) is 22.7. The molecule has 28 heavy (non-hydrogen) atoms. The van der Waals surface area contributed by atoms with Gasteiger partial charge in [0.25, 0.3) is 0 Å². The number of hydrogen-bond donors (Lipinski definition) is 1. The summed E-state index contributed by atoms with van der Waals surface area (Å²) in [4.78, 5) is 16.4. The number of carboxylic acids is 1. The van der Waals surface area contributed by atoms with Crippen LogP contribution in [0.15, 0.2) is 23.1 Å².